The number of rotatable bonds is 1. The lowest BCUT2D eigenvalue weighted by Gasteiger charge is -2.35. The van der Waals surface area contributed by atoms with Gasteiger partial charge in [-0.2, -0.15) is 4.99 Å². The molecule has 140 valence electrons. The Hall–Kier alpha value is -3.03. The van der Waals surface area contributed by atoms with Crippen LogP contribution in [0.1, 0.15) is 24.0 Å². The van der Waals surface area contributed by atoms with Gasteiger partial charge in [0.25, 0.3) is 0 Å². The van der Waals surface area contributed by atoms with E-state index >= 15 is 0 Å². The fourth-order valence-corrected chi connectivity index (χ4v) is 3.88. The van der Waals surface area contributed by atoms with Gasteiger partial charge in [0.2, 0.25) is 0 Å². The van der Waals surface area contributed by atoms with E-state index in [1.54, 1.807) is 0 Å². The molecule has 27 heavy (non-hydrogen) atoms. The SMILES string of the molecule is NC(N)=NC(=O)N1Cc2c(-c3ccc(F)cc3F)ccc(F)c2C2(CC2)C1. The van der Waals surface area contributed by atoms with Gasteiger partial charge in [0.1, 0.15) is 17.5 Å². The molecular formula is C19H17F3N4O. The molecule has 1 aliphatic carbocycles. The van der Waals surface area contributed by atoms with Crippen molar-refractivity contribution in [1.29, 1.82) is 0 Å². The molecule has 0 atom stereocenters. The number of hydrogen-bond donors (Lipinski definition) is 2. The average Bonchev–Trinajstić information content (AvgIpc) is 3.34. The topological polar surface area (TPSA) is 84.7 Å². The molecule has 0 unspecified atom stereocenters. The Balaban J connectivity index is 1.87. The minimum Gasteiger partial charge on any atom is -0.370 e. The number of nitrogens with zero attached hydrogens (tertiary/aromatic N) is 2. The molecule has 1 spiro atoms. The number of hydrogen-bond acceptors (Lipinski definition) is 1. The predicted octanol–water partition coefficient (Wildman–Crippen LogP) is 3.01. The molecule has 0 bridgehead atoms. The molecule has 1 saturated carbocycles. The second kappa shape index (κ2) is 6.00. The number of carbonyl (C=O) groups excluding carboxylic acids is 1. The van der Waals surface area contributed by atoms with Gasteiger partial charge in [0, 0.05) is 35.7 Å². The summed E-state index contributed by atoms with van der Waals surface area (Å²) in [6.07, 6.45) is 1.41. The molecule has 8 heteroatoms. The lowest BCUT2D eigenvalue weighted by Crippen LogP contribution is -2.42. The molecule has 2 aromatic carbocycles. The van der Waals surface area contributed by atoms with E-state index < -0.39 is 23.1 Å². The maximum absolute atomic E-state index is 14.7. The van der Waals surface area contributed by atoms with Crippen LogP contribution in [0, 0.1) is 17.5 Å². The number of halogens is 3. The first-order valence-corrected chi connectivity index (χ1v) is 8.46. The van der Waals surface area contributed by atoms with E-state index in [0.717, 1.165) is 12.1 Å². The molecule has 1 heterocycles. The summed E-state index contributed by atoms with van der Waals surface area (Å²) in [4.78, 5) is 17.3. The van der Waals surface area contributed by atoms with Crippen LogP contribution in [0.5, 0.6) is 0 Å². The largest absolute Gasteiger partial charge is 0.370 e. The van der Waals surface area contributed by atoms with Gasteiger partial charge in [-0.1, -0.05) is 6.07 Å². The van der Waals surface area contributed by atoms with E-state index in [0.29, 0.717) is 36.1 Å². The van der Waals surface area contributed by atoms with Crippen molar-refractivity contribution in [2.45, 2.75) is 24.8 Å². The molecule has 5 nitrogen and oxygen atoms in total. The van der Waals surface area contributed by atoms with E-state index in [1.807, 2.05) is 0 Å². The Morgan fingerprint density at radius 2 is 1.74 bits per heavy atom. The van der Waals surface area contributed by atoms with Crippen LogP contribution in [0.25, 0.3) is 11.1 Å². The van der Waals surface area contributed by atoms with Crippen molar-refractivity contribution in [3.05, 3.63) is 58.9 Å². The summed E-state index contributed by atoms with van der Waals surface area (Å²) < 4.78 is 42.4. The van der Waals surface area contributed by atoms with Gasteiger partial charge >= 0.3 is 6.03 Å². The minimum atomic E-state index is -0.749. The molecule has 2 aromatic rings. The zero-order valence-electron chi connectivity index (χ0n) is 14.3. The molecule has 0 radical (unpaired) electrons. The Morgan fingerprint density at radius 1 is 1.04 bits per heavy atom. The number of urea groups is 1. The average molecular weight is 374 g/mol. The van der Waals surface area contributed by atoms with Crippen molar-refractivity contribution in [1.82, 2.24) is 4.90 Å². The van der Waals surface area contributed by atoms with E-state index in [4.69, 9.17) is 11.5 Å². The summed E-state index contributed by atoms with van der Waals surface area (Å²) in [6, 6.07) is 5.37. The van der Waals surface area contributed by atoms with Crippen LogP contribution in [-0.4, -0.2) is 23.4 Å². The summed E-state index contributed by atoms with van der Waals surface area (Å²) in [5.41, 5.74) is 11.7. The second-order valence-corrected chi connectivity index (χ2v) is 7.03. The highest BCUT2D eigenvalue weighted by Gasteiger charge is 2.52. The summed E-state index contributed by atoms with van der Waals surface area (Å²) in [7, 11) is 0. The predicted molar refractivity (Wildman–Crippen MR) is 94.3 cm³/mol. The summed E-state index contributed by atoms with van der Waals surface area (Å²) in [5, 5.41) is 0. The first-order chi connectivity index (χ1) is 12.8. The number of amides is 2. The second-order valence-electron chi connectivity index (χ2n) is 7.03. The highest BCUT2D eigenvalue weighted by atomic mass is 19.1. The Labute approximate surface area is 153 Å². The third kappa shape index (κ3) is 2.90. The maximum atomic E-state index is 14.7. The van der Waals surface area contributed by atoms with Gasteiger partial charge in [-0.3, -0.25) is 0 Å². The van der Waals surface area contributed by atoms with Crippen LogP contribution in [0.4, 0.5) is 18.0 Å². The van der Waals surface area contributed by atoms with Gasteiger partial charge in [0.05, 0.1) is 0 Å². The van der Waals surface area contributed by atoms with Crippen LogP contribution in [0.3, 0.4) is 0 Å². The van der Waals surface area contributed by atoms with Crippen molar-refractivity contribution >= 4 is 12.0 Å². The van der Waals surface area contributed by atoms with E-state index in [-0.39, 0.29) is 23.9 Å². The molecule has 4 rings (SSSR count). The Kier molecular flexibility index (Phi) is 3.87. The molecule has 1 aliphatic heterocycles. The quantitative estimate of drug-likeness (QED) is 0.594. The highest BCUT2D eigenvalue weighted by molar-refractivity contribution is 5.91. The van der Waals surface area contributed by atoms with E-state index in [2.05, 4.69) is 4.99 Å². The normalized spacial score (nSPS) is 16.8. The lowest BCUT2D eigenvalue weighted by molar-refractivity contribution is 0.192. The standard InChI is InChI=1S/C19H17F3N4O/c20-10-1-2-12(15(22)7-10)11-3-4-14(21)16-13(11)8-26(9-19(16)5-6-19)18(27)25-17(23)24/h1-4,7H,5-6,8-9H2,(H4,23,24,25,27). The highest BCUT2D eigenvalue weighted by Crippen LogP contribution is 2.54. The van der Waals surface area contributed by atoms with Crippen molar-refractivity contribution in [2.24, 2.45) is 16.5 Å². The molecule has 4 N–H and O–H groups in total. The summed E-state index contributed by atoms with van der Waals surface area (Å²) in [6.45, 7) is 0.332. The molecule has 0 aromatic heterocycles. The fourth-order valence-electron chi connectivity index (χ4n) is 3.88. The zero-order chi connectivity index (χ0) is 19.3. The third-order valence-corrected chi connectivity index (χ3v) is 5.21. The van der Waals surface area contributed by atoms with Crippen molar-refractivity contribution in [3.63, 3.8) is 0 Å². The van der Waals surface area contributed by atoms with Crippen LogP contribution in [-0.2, 0) is 12.0 Å². The van der Waals surface area contributed by atoms with Crippen LogP contribution < -0.4 is 11.5 Å². The first kappa shape index (κ1) is 17.4. The number of benzene rings is 2. The minimum absolute atomic E-state index is 0.0383. The van der Waals surface area contributed by atoms with E-state index in [9.17, 15) is 18.0 Å². The van der Waals surface area contributed by atoms with Gasteiger partial charge in [-0.15, -0.1) is 0 Å². The van der Waals surface area contributed by atoms with Crippen LogP contribution >= 0.6 is 0 Å². The maximum Gasteiger partial charge on any atom is 0.347 e. The summed E-state index contributed by atoms with van der Waals surface area (Å²) >= 11 is 0. The lowest BCUT2D eigenvalue weighted by atomic mass is 9.82. The molecule has 2 amide bonds. The molecule has 0 saturated heterocycles. The molecule has 1 fully saturated rings. The fraction of sp³-hybridized carbons (Fsp3) is 0.263. The zero-order valence-corrected chi connectivity index (χ0v) is 14.3. The number of guanidine groups is 1. The first-order valence-electron chi connectivity index (χ1n) is 8.46. The monoisotopic (exact) mass is 374 g/mol. The number of fused-ring (bicyclic) bond motifs is 2. The number of aliphatic imine (C=N–C) groups is 1. The van der Waals surface area contributed by atoms with Crippen molar-refractivity contribution in [2.75, 3.05) is 6.54 Å². The molecular weight excluding hydrogens is 357 g/mol. The van der Waals surface area contributed by atoms with Crippen molar-refractivity contribution < 1.29 is 18.0 Å². The molecule has 2 aliphatic rings. The Bertz CT molecular complexity index is 981. The van der Waals surface area contributed by atoms with Gasteiger partial charge in [0.15, 0.2) is 5.96 Å². The summed E-state index contributed by atoms with van der Waals surface area (Å²) in [5.74, 6) is -2.20. The van der Waals surface area contributed by atoms with Gasteiger partial charge in [-0.25, -0.2) is 18.0 Å². The van der Waals surface area contributed by atoms with Crippen molar-refractivity contribution in [3.8, 4) is 11.1 Å². The van der Waals surface area contributed by atoms with Crippen LogP contribution in [0.15, 0.2) is 35.3 Å². The Morgan fingerprint density at radius 3 is 2.37 bits per heavy atom. The van der Waals surface area contributed by atoms with Gasteiger partial charge in [-0.05, 0) is 42.2 Å². The smallest absolute Gasteiger partial charge is 0.347 e. The van der Waals surface area contributed by atoms with E-state index in [1.165, 1.54) is 23.1 Å². The van der Waals surface area contributed by atoms with Gasteiger partial charge < -0.3 is 16.4 Å². The number of nitrogens with two attached hydrogens (primary N) is 2. The number of carbonyl (C=O) groups is 1. The van der Waals surface area contributed by atoms with Crippen LogP contribution in [0.2, 0.25) is 0 Å². The third-order valence-electron chi connectivity index (χ3n) is 5.21.